The average Bonchev–Trinajstić information content (AvgIpc) is 3.44. The van der Waals surface area contributed by atoms with E-state index in [0.29, 0.717) is 11.9 Å². The van der Waals surface area contributed by atoms with Crippen LogP contribution >= 0.6 is 11.3 Å². The first kappa shape index (κ1) is 39.1. The van der Waals surface area contributed by atoms with Gasteiger partial charge < -0.3 is 43.8 Å². The van der Waals surface area contributed by atoms with E-state index in [2.05, 4.69) is 31.6 Å². The molecule has 0 aliphatic rings. The normalized spacial score (nSPS) is 13.4. The number of nitrogens with zero attached hydrogens (tertiary/aromatic N) is 1. The molecule has 0 saturated heterocycles. The minimum absolute atomic E-state index is 0.145. The Hall–Kier alpha value is -5.13. The molecule has 0 saturated carbocycles. The van der Waals surface area contributed by atoms with E-state index in [0.717, 1.165) is 4.70 Å². The molecule has 0 unspecified atom stereocenters. The standard InChI is InChI=1S/C30H44N10O7S/c1-15(2)24(40-27(46)20(11-13-23(32)43)38-26(45)19(36-16(3)41)10-12-22(31)42)28(47)37-18(8-6-14-35-30(33)34)25(44)29-39-17-7-4-5-9-21(17)48-29/h4-5,7,9,15,18-20,24H,6,8,10-14H2,1-3H3,(H2,31,42)(H2,32,43)(H,36,41)(H,37,47)(H,38,45)(H,40,46)(H4,33,34,35)/t18-,19-,20-,24-/m0/s1. The topological polar surface area (TPSA) is 294 Å². The number of amides is 6. The highest BCUT2D eigenvalue weighted by molar-refractivity contribution is 7.20. The first-order chi connectivity index (χ1) is 22.6. The fourth-order valence-electron chi connectivity index (χ4n) is 4.60. The Balaban J connectivity index is 2.28. The van der Waals surface area contributed by atoms with Crippen molar-refractivity contribution in [2.75, 3.05) is 6.54 Å². The first-order valence-corrected chi connectivity index (χ1v) is 16.1. The number of guanidine groups is 1. The average molecular weight is 689 g/mol. The summed E-state index contributed by atoms with van der Waals surface area (Å²) in [6, 6.07) is 2.39. The van der Waals surface area contributed by atoms with Gasteiger partial charge in [-0.15, -0.1) is 11.3 Å². The van der Waals surface area contributed by atoms with Gasteiger partial charge in [-0.25, -0.2) is 4.98 Å². The predicted molar refractivity (Wildman–Crippen MR) is 178 cm³/mol. The molecule has 262 valence electrons. The molecule has 2 aromatic rings. The Kier molecular flexibility index (Phi) is 15.4. The fourth-order valence-corrected chi connectivity index (χ4v) is 5.56. The second-order valence-electron chi connectivity index (χ2n) is 11.4. The number of nitrogens with two attached hydrogens (primary N) is 3. The van der Waals surface area contributed by atoms with Crippen LogP contribution in [-0.2, 0) is 28.8 Å². The van der Waals surface area contributed by atoms with Gasteiger partial charge in [-0.05, 0) is 43.7 Å². The Bertz CT molecular complexity index is 1480. The van der Waals surface area contributed by atoms with E-state index >= 15 is 0 Å². The van der Waals surface area contributed by atoms with E-state index in [1.54, 1.807) is 26.0 Å². The van der Waals surface area contributed by atoms with E-state index < -0.39 is 71.3 Å². The van der Waals surface area contributed by atoms with Gasteiger partial charge in [0.2, 0.25) is 41.2 Å². The van der Waals surface area contributed by atoms with Crippen LogP contribution in [0.15, 0.2) is 24.3 Å². The second-order valence-corrected chi connectivity index (χ2v) is 12.5. The highest BCUT2D eigenvalue weighted by Crippen LogP contribution is 2.23. The third-order valence-electron chi connectivity index (χ3n) is 7.06. The first-order valence-electron chi connectivity index (χ1n) is 15.3. The number of ketones is 1. The predicted octanol–water partition coefficient (Wildman–Crippen LogP) is -1.11. The van der Waals surface area contributed by atoms with Gasteiger partial charge in [0, 0.05) is 26.3 Å². The summed E-state index contributed by atoms with van der Waals surface area (Å²) in [7, 11) is 0. The number of primary amides is 2. The van der Waals surface area contributed by atoms with Crippen molar-refractivity contribution in [3.63, 3.8) is 0 Å². The van der Waals surface area contributed by atoms with Crippen molar-refractivity contribution >= 4 is 68.7 Å². The minimum atomic E-state index is -1.36. The number of benzene rings is 1. The maximum absolute atomic E-state index is 13.7. The maximum Gasteiger partial charge on any atom is 0.243 e. The Morgan fingerprint density at radius 2 is 1.35 bits per heavy atom. The molecule has 2 rings (SSSR count). The van der Waals surface area contributed by atoms with E-state index in [1.165, 1.54) is 18.3 Å². The van der Waals surface area contributed by atoms with Crippen molar-refractivity contribution in [2.24, 2.45) is 23.1 Å². The van der Waals surface area contributed by atoms with Crippen molar-refractivity contribution < 1.29 is 33.6 Å². The van der Waals surface area contributed by atoms with E-state index in [-0.39, 0.29) is 49.6 Å². The SMILES string of the molecule is CC(=O)N[C@@H](CCC(N)=O)C(=O)N[C@@H](CCC(N)=O)C(=O)N[C@H](C(=O)N[C@@H](CCCNC(=N)N)C(=O)c1nc2ccccc2s1)C(C)C. The number of carbonyl (C=O) groups is 7. The number of nitrogens with one attached hydrogen (secondary N) is 6. The van der Waals surface area contributed by atoms with Crippen molar-refractivity contribution in [1.82, 2.24) is 31.6 Å². The second kappa shape index (κ2) is 18.9. The largest absolute Gasteiger partial charge is 0.370 e. The molecule has 1 heterocycles. The van der Waals surface area contributed by atoms with Crippen LogP contribution in [0.25, 0.3) is 10.2 Å². The lowest BCUT2D eigenvalue weighted by atomic mass is 10.00. The zero-order chi connectivity index (χ0) is 36.0. The number of fused-ring (bicyclic) bond motifs is 1. The van der Waals surface area contributed by atoms with E-state index in [9.17, 15) is 33.6 Å². The molecule has 0 spiro atoms. The molecule has 18 heteroatoms. The van der Waals surface area contributed by atoms with Crippen LogP contribution in [-0.4, -0.2) is 82.9 Å². The highest BCUT2D eigenvalue weighted by atomic mass is 32.1. The molecule has 0 bridgehead atoms. The van der Waals surface area contributed by atoms with Gasteiger partial charge in [-0.1, -0.05) is 26.0 Å². The zero-order valence-corrected chi connectivity index (χ0v) is 27.9. The molecule has 0 aliphatic carbocycles. The molecular weight excluding hydrogens is 644 g/mol. The molecule has 12 N–H and O–H groups in total. The molecule has 0 aliphatic heterocycles. The summed E-state index contributed by atoms with van der Waals surface area (Å²) in [5.74, 6) is -5.53. The lowest BCUT2D eigenvalue weighted by Crippen LogP contribution is -2.59. The smallest absolute Gasteiger partial charge is 0.243 e. The minimum Gasteiger partial charge on any atom is -0.370 e. The van der Waals surface area contributed by atoms with Crippen LogP contribution in [0.4, 0.5) is 0 Å². The Morgan fingerprint density at radius 3 is 1.90 bits per heavy atom. The molecule has 17 nitrogen and oxygen atoms in total. The van der Waals surface area contributed by atoms with Crippen molar-refractivity contribution in [1.29, 1.82) is 5.41 Å². The summed E-state index contributed by atoms with van der Waals surface area (Å²) >= 11 is 1.18. The van der Waals surface area contributed by atoms with Crippen LogP contribution in [0.1, 0.15) is 69.1 Å². The molecule has 6 amide bonds. The third-order valence-corrected chi connectivity index (χ3v) is 8.11. The van der Waals surface area contributed by atoms with Gasteiger partial charge in [0.25, 0.3) is 0 Å². The lowest BCUT2D eigenvalue weighted by molar-refractivity contribution is -0.134. The molecular formula is C30H44N10O7S. The maximum atomic E-state index is 13.7. The van der Waals surface area contributed by atoms with Crippen molar-refractivity contribution in [3.8, 4) is 0 Å². The quantitative estimate of drug-likeness (QED) is 0.0350. The number of aromatic nitrogens is 1. The van der Waals surface area contributed by atoms with Crippen LogP contribution in [0, 0.1) is 11.3 Å². The summed E-state index contributed by atoms with van der Waals surface area (Å²) in [5.41, 5.74) is 16.5. The fraction of sp³-hybridized carbons (Fsp3) is 0.500. The zero-order valence-electron chi connectivity index (χ0n) is 27.1. The van der Waals surface area contributed by atoms with Gasteiger partial charge in [0.15, 0.2) is 11.0 Å². The number of carbonyl (C=O) groups excluding carboxylic acids is 7. The van der Waals surface area contributed by atoms with Crippen LogP contribution < -0.4 is 43.8 Å². The third kappa shape index (κ3) is 12.9. The number of hydrogen-bond acceptors (Lipinski definition) is 10. The van der Waals surface area contributed by atoms with Crippen LogP contribution in [0.5, 0.6) is 0 Å². The highest BCUT2D eigenvalue weighted by Gasteiger charge is 2.33. The molecule has 0 fully saturated rings. The molecule has 48 heavy (non-hydrogen) atoms. The molecule has 4 atom stereocenters. The van der Waals surface area contributed by atoms with Crippen LogP contribution in [0.3, 0.4) is 0 Å². The molecule has 0 radical (unpaired) electrons. The van der Waals surface area contributed by atoms with Gasteiger partial charge in [0.05, 0.1) is 16.3 Å². The van der Waals surface area contributed by atoms with Crippen LogP contribution in [0.2, 0.25) is 0 Å². The lowest BCUT2D eigenvalue weighted by Gasteiger charge is -2.28. The van der Waals surface area contributed by atoms with Gasteiger partial charge in [-0.2, -0.15) is 0 Å². The summed E-state index contributed by atoms with van der Waals surface area (Å²) in [6.45, 7) is 4.76. The Labute approximate surface area is 281 Å². The number of Topliss-reactive ketones (excluding diaryl/α,β-unsaturated/α-hetero) is 1. The van der Waals surface area contributed by atoms with Crippen molar-refractivity contribution in [2.45, 2.75) is 83.5 Å². The van der Waals surface area contributed by atoms with Crippen molar-refractivity contribution in [3.05, 3.63) is 29.3 Å². The number of rotatable bonds is 20. The monoisotopic (exact) mass is 688 g/mol. The van der Waals surface area contributed by atoms with E-state index in [1.807, 2.05) is 12.1 Å². The Morgan fingerprint density at radius 1 is 0.792 bits per heavy atom. The van der Waals surface area contributed by atoms with Gasteiger partial charge in [0.1, 0.15) is 18.1 Å². The number of hydrogen-bond donors (Lipinski definition) is 9. The summed E-state index contributed by atoms with van der Waals surface area (Å²) in [5, 5.41) is 20.4. The van der Waals surface area contributed by atoms with Gasteiger partial charge in [-0.3, -0.25) is 39.0 Å². The number of thiazole rings is 1. The summed E-state index contributed by atoms with van der Waals surface area (Å²) in [6.07, 6.45) is -0.388. The number of para-hydroxylation sites is 1. The van der Waals surface area contributed by atoms with Gasteiger partial charge >= 0.3 is 0 Å². The summed E-state index contributed by atoms with van der Waals surface area (Å²) < 4.78 is 0.788. The molecule has 1 aromatic carbocycles. The van der Waals surface area contributed by atoms with E-state index in [4.69, 9.17) is 22.6 Å². The molecule has 1 aromatic heterocycles. The summed E-state index contributed by atoms with van der Waals surface area (Å²) in [4.78, 5) is 92.8.